The lowest BCUT2D eigenvalue weighted by Crippen LogP contribution is -2.34. The minimum absolute atomic E-state index is 0.133. The van der Waals surface area contributed by atoms with Gasteiger partial charge in [0.05, 0.1) is 0 Å². The predicted octanol–water partition coefficient (Wildman–Crippen LogP) is 1.81. The summed E-state index contributed by atoms with van der Waals surface area (Å²) >= 11 is 0. The van der Waals surface area contributed by atoms with Crippen molar-refractivity contribution in [3.8, 4) is 0 Å². The monoisotopic (exact) mass is 137 g/mol. The SMILES string of the molecule is [C-]#[N+]C1(C)CCCCC1=O. The van der Waals surface area contributed by atoms with Crippen molar-refractivity contribution in [3.05, 3.63) is 11.4 Å². The molecule has 0 heterocycles. The molecule has 1 fully saturated rings. The number of hydrogen-bond donors (Lipinski definition) is 0. The van der Waals surface area contributed by atoms with E-state index in [4.69, 9.17) is 6.57 Å². The molecule has 1 atom stereocenters. The molecule has 0 bridgehead atoms. The summed E-state index contributed by atoms with van der Waals surface area (Å²) in [6.45, 7) is 8.58. The molecule has 1 unspecified atom stereocenters. The first kappa shape index (κ1) is 7.27. The second-order valence-electron chi connectivity index (χ2n) is 3.02. The summed E-state index contributed by atoms with van der Waals surface area (Å²) in [5.74, 6) is 0.133. The number of nitrogens with zero attached hydrogens (tertiary/aromatic N) is 1. The molecule has 0 aromatic rings. The Hall–Kier alpha value is -0.840. The Balaban J connectivity index is 2.75. The summed E-state index contributed by atoms with van der Waals surface area (Å²) in [6, 6.07) is 0. The lowest BCUT2D eigenvalue weighted by molar-refractivity contribution is -0.123. The molecule has 2 nitrogen and oxygen atoms in total. The zero-order chi connectivity index (χ0) is 7.61. The average Bonchev–Trinajstić information content (AvgIpc) is 1.96. The van der Waals surface area contributed by atoms with E-state index in [-0.39, 0.29) is 5.78 Å². The fourth-order valence-electron chi connectivity index (χ4n) is 1.28. The van der Waals surface area contributed by atoms with E-state index in [0.29, 0.717) is 6.42 Å². The van der Waals surface area contributed by atoms with E-state index in [0.717, 1.165) is 19.3 Å². The first-order chi connectivity index (χ1) is 4.69. The van der Waals surface area contributed by atoms with E-state index in [1.54, 1.807) is 6.92 Å². The molecule has 0 amide bonds. The summed E-state index contributed by atoms with van der Waals surface area (Å²) < 4.78 is 0. The van der Waals surface area contributed by atoms with Crippen molar-refractivity contribution in [3.63, 3.8) is 0 Å². The van der Waals surface area contributed by atoms with E-state index < -0.39 is 5.54 Å². The van der Waals surface area contributed by atoms with Crippen molar-refractivity contribution < 1.29 is 4.79 Å². The van der Waals surface area contributed by atoms with Gasteiger partial charge in [-0.2, -0.15) is 0 Å². The molecule has 0 aromatic heterocycles. The van der Waals surface area contributed by atoms with Crippen LogP contribution in [0.4, 0.5) is 0 Å². The highest BCUT2D eigenvalue weighted by Crippen LogP contribution is 2.27. The minimum atomic E-state index is -0.668. The lowest BCUT2D eigenvalue weighted by atomic mass is 9.83. The van der Waals surface area contributed by atoms with Gasteiger partial charge in [-0.3, -0.25) is 4.79 Å². The molecule has 0 saturated heterocycles. The van der Waals surface area contributed by atoms with Crippen LogP contribution < -0.4 is 0 Å². The molecule has 0 aliphatic heterocycles. The van der Waals surface area contributed by atoms with Gasteiger partial charge < -0.3 is 4.85 Å². The van der Waals surface area contributed by atoms with Crippen molar-refractivity contribution in [2.24, 2.45) is 0 Å². The predicted molar refractivity (Wildman–Crippen MR) is 38.5 cm³/mol. The number of ketones is 1. The molecule has 10 heavy (non-hydrogen) atoms. The number of rotatable bonds is 0. The Morgan fingerprint density at radius 3 is 2.70 bits per heavy atom. The second-order valence-corrected chi connectivity index (χ2v) is 3.02. The van der Waals surface area contributed by atoms with Crippen LogP contribution in [0.3, 0.4) is 0 Å². The van der Waals surface area contributed by atoms with Gasteiger partial charge in [0.25, 0.3) is 5.54 Å². The van der Waals surface area contributed by atoms with Gasteiger partial charge in [-0.05, 0) is 12.8 Å². The van der Waals surface area contributed by atoms with E-state index in [2.05, 4.69) is 4.85 Å². The standard InChI is InChI=1S/C8H11NO/c1-8(9-2)6-4-3-5-7(8)10/h3-6H2,1H3. The van der Waals surface area contributed by atoms with Crippen LogP contribution in [0.15, 0.2) is 0 Å². The van der Waals surface area contributed by atoms with Crippen LogP contribution in [0, 0.1) is 6.57 Å². The number of carbonyl (C=O) groups excluding carboxylic acids is 1. The van der Waals surface area contributed by atoms with Crippen LogP contribution in [-0.4, -0.2) is 11.3 Å². The van der Waals surface area contributed by atoms with Crippen molar-refractivity contribution in [1.82, 2.24) is 0 Å². The van der Waals surface area contributed by atoms with Gasteiger partial charge in [0, 0.05) is 19.8 Å². The summed E-state index contributed by atoms with van der Waals surface area (Å²) in [6.07, 6.45) is 3.38. The van der Waals surface area contributed by atoms with Gasteiger partial charge in [-0.25, -0.2) is 6.57 Å². The number of carbonyl (C=O) groups is 1. The third-order valence-corrected chi connectivity index (χ3v) is 2.16. The van der Waals surface area contributed by atoms with Gasteiger partial charge in [0.1, 0.15) is 0 Å². The van der Waals surface area contributed by atoms with E-state index >= 15 is 0 Å². The zero-order valence-electron chi connectivity index (χ0n) is 6.18. The van der Waals surface area contributed by atoms with Gasteiger partial charge in [-0.1, -0.05) is 0 Å². The molecule has 1 aliphatic carbocycles. The Morgan fingerprint density at radius 2 is 2.30 bits per heavy atom. The minimum Gasteiger partial charge on any atom is -0.302 e. The van der Waals surface area contributed by atoms with Gasteiger partial charge in [-0.15, -0.1) is 0 Å². The maximum atomic E-state index is 11.1. The Morgan fingerprint density at radius 1 is 1.60 bits per heavy atom. The first-order valence-corrected chi connectivity index (χ1v) is 3.61. The molecule has 0 N–H and O–H groups in total. The summed E-state index contributed by atoms with van der Waals surface area (Å²) in [5, 5.41) is 0. The fourth-order valence-corrected chi connectivity index (χ4v) is 1.28. The molecule has 0 spiro atoms. The third kappa shape index (κ3) is 1.04. The fraction of sp³-hybridized carbons (Fsp3) is 0.750. The summed E-state index contributed by atoms with van der Waals surface area (Å²) in [5.41, 5.74) is -0.668. The number of hydrogen-bond acceptors (Lipinski definition) is 1. The quantitative estimate of drug-likeness (QED) is 0.466. The summed E-state index contributed by atoms with van der Waals surface area (Å²) in [4.78, 5) is 14.5. The van der Waals surface area contributed by atoms with Crippen molar-refractivity contribution in [1.29, 1.82) is 0 Å². The highest BCUT2D eigenvalue weighted by atomic mass is 16.1. The van der Waals surface area contributed by atoms with Crippen molar-refractivity contribution in [2.75, 3.05) is 0 Å². The average molecular weight is 137 g/mol. The molecular formula is C8H11NO. The normalized spacial score (nSPS) is 33.4. The van der Waals surface area contributed by atoms with Gasteiger partial charge in [0.15, 0.2) is 0 Å². The smallest absolute Gasteiger partial charge is 0.286 e. The van der Waals surface area contributed by atoms with Crippen LogP contribution in [0.1, 0.15) is 32.6 Å². The van der Waals surface area contributed by atoms with E-state index in [1.807, 2.05) is 0 Å². The molecule has 54 valence electrons. The van der Waals surface area contributed by atoms with Crippen LogP contribution >= 0.6 is 0 Å². The van der Waals surface area contributed by atoms with Gasteiger partial charge in [0.2, 0.25) is 5.78 Å². The molecule has 1 aliphatic rings. The zero-order valence-corrected chi connectivity index (χ0v) is 6.18. The van der Waals surface area contributed by atoms with Crippen LogP contribution in [0.5, 0.6) is 0 Å². The Labute approximate surface area is 61.1 Å². The van der Waals surface area contributed by atoms with Crippen LogP contribution in [0.25, 0.3) is 4.85 Å². The highest BCUT2D eigenvalue weighted by molar-refractivity contribution is 5.90. The van der Waals surface area contributed by atoms with E-state index in [9.17, 15) is 4.79 Å². The maximum Gasteiger partial charge on any atom is 0.286 e. The molecule has 1 rings (SSSR count). The summed E-state index contributed by atoms with van der Waals surface area (Å²) in [7, 11) is 0. The Bertz CT molecular complexity index is 192. The van der Waals surface area contributed by atoms with Crippen molar-refractivity contribution >= 4 is 5.78 Å². The molecular weight excluding hydrogens is 126 g/mol. The van der Waals surface area contributed by atoms with Crippen molar-refractivity contribution in [2.45, 2.75) is 38.1 Å². The number of Topliss-reactive ketones (excluding diaryl/α,β-unsaturated/α-hetero) is 1. The second kappa shape index (κ2) is 2.42. The Kier molecular flexibility index (Phi) is 1.76. The van der Waals surface area contributed by atoms with E-state index in [1.165, 1.54) is 0 Å². The lowest BCUT2D eigenvalue weighted by Gasteiger charge is -2.19. The van der Waals surface area contributed by atoms with Gasteiger partial charge >= 0.3 is 0 Å². The topological polar surface area (TPSA) is 21.4 Å². The molecule has 0 aromatic carbocycles. The van der Waals surface area contributed by atoms with Crippen LogP contribution in [0.2, 0.25) is 0 Å². The highest BCUT2D eigenvalue weighted by Gasteiger charge is 2.40. The third-order valence-electron chi connectivity index (χ3n) is 2.16. The molecule has 1 saturated carbocycles. The molecule has 0 radical (unpaired) electrons. The first-order valence-electron chi connectivity index (χ1n) is 3.61. The maximum absolute atomic E-state index is 11.1. The largest absolute Gasteiger partial charge is 0.302 e. The van der Waals surface area contributed by atoms with Crippen LogP contribution in [-0.2, 0) is 4.79 Å². The molecule has 2 heteroatoms.